The zero-order valence-electron chi connectivity index (χ0n) is 14.5. The fraction of sp³-hybridized carbons (Fsp3) is 0.579. The highest BCUT2D eigenvalue weighted by atomic mass is 127. The van der Waals surface area contributed by atoms with Gasteiger partial charge in [0.25, 0.3) is 0 Å². The molecule has 0 amide bonds. The van der Waals surface area contributed by atoms with Crippen molar-refractivity contribution >= 4 is 34.5 Å². The Morgan fingerprint density at radius 2 is 1.96 bits per heavy atom. The van der Waals surface area contributed by atoms with Gasteiger partial charge in [-0.1, -0.05) is 39.3 Å². The Morgan fingerprint density at radius 1 is 1.25 bits per heavy atom. The Bertz CT molecular complexity index is 584. The largest absolute Gasteiger partial charge is 0.460 e. The minimum atomic E-state index is -0.491. The number of ether oxygens (including phenoxy) is 2. The third-order valence-electron chi connectivity index (χ3n) is 4.66. The van der Waals surface area contributed by atoms with E-state index in [0.717, 1.165) is 16.4 Å². The van der Waals surface area contributed by atoms with Gasteiger partial charge < -0.3 is 9.47 Å². The van der Waals surface area contributed by atoms with Crippen molar-refractivity contribution in [3.05, 3.63) is 33.4 Å². The normalized spacial score (nSPS) is 23.8. The second-order valence-corrected chi connectivity index (χ2v) is 8.07. The number of carbonyl (C=O) groups excluding carboxylic acids is 2. The second kappa shape index (κ2) is 8.83. The van der Waals surface area contributed by atoms with Crippen LogP contribution in [-0.4, -0.2) is 24.6 Å². The van der Waals surface area contributed by atoms with Crippen LogP contribution in [0.5, 0.6) is 0 Å². The van der Waals surface area contributed by atoms with Gasteiger partial charge in [0.15, 0.2) is 6.61 Å². The molecule has 5 heteroatoms. The SMILES string of the molecule is CC1CCC(C(C)C)C(OC(=O)COC(=O)c2ccccc2I)C1. The number of halogens is 1. The molecular weight excluding hydrogens is 419 g/mol. The number of hydrogen-bond donors (Lipinski definition) is 0. The number of benzene rings is 1. The van der Waals surface area contributed by atoms with Gasteiger partial charge in [-0.05, 0) is 65.3 Å². The first-order chi connectivity index (χ1) is 11.4. The van der Waals surface area contributed by atoms with Gasteiger partial charge in [0.05, 0.1) is 5.56 Å². The lowest BCUT2D eigenvalue weighted by molar-refractivity contribution is -0.159. The zero-order valence-corrected chi connectivity index (χ0v) is 16.6. The van der Waals surface area contributed by atoms with Crippen molar-refractivity contribution < 1.29 is 19.1 Å². The molecule has 24 heavy (non-hydrogen) atoms. The fourth-order valence-corrected chi connectivity index (χ4v) is 3.89. The molecule has 0 N–H and O–H groups in total. The molecule has 1 aromatic carbocycles. The smallest absolute Gasteiger partial charge is 0.344 e. The van der Waals surface area contributed by atoms with Crippen LogP contribution in [0.4, 0.5) is 0 Å². The molecule has 0 heterocycles. The van der Waals surface area contributed by atoms with Crippen LogP contribution in [0, 0.1) is 21.3 Å². The lowest BCUT2D eigenvalue weighted by Gasteiger charge is -2.36. The van der Waals surface area contributed by atoms with Gasteiger partial charge in [0.2, 0.25) is 0 Å². The Kier molecular flexibility index (Phi) is 7.07. The third-order valence-corrected chi connectivity index (χ3v) is 5.60. The van der Waals surface area contributed by atoms with E-state index in [-0.39, 0.29) is 12.7 Å². The molecule has 1 saturated carbocycles. The summed E-state index contributed by atoms with van der Waals surface area (Å²) in [7, 11) is 0. The fourth-order valence-electron chi connectivity index (χ4n) is 3.28. The molecule has 4 nitrogen and oxygen atoms in total. The zero-order chi connectivity index (χ0) is 17.7. The van der Waals surface area contributed by atoms with Crippen LogP contribution in [0.3, 0.4) is 0 Å². The molecule has 1 aliphatic rings. The molecule has 3 unspecified atom stereocenters. The maximum Gasteiger partial charge on any atom is 0.344 e. The van der Waals surface area contributed by atoms with Gasteiger partial charge in [-0.3, -0.25) is 0 Å². The van der Waals surface area contributed by atoms with Gasteiger partial charge in [0.1, 0.15) is 6.10 Å². The summed E-state index contributed by atoms with van der Waals surface area (Å²) in [6.45, 7) is 6.19. The third kappa shape index (κ3) is 5.19. The molecular formula is C19H25IO4. The lowest BCUT2D eigenvalue weighted by atomic mass is 9.75. The van der Waals surface area contributed by atoms with Crippen LogP contribution in [0.2, 0.25) is 0 Å². The van der Waals surface area contributed by atoms with Gasteiger partial charge >= 0.3 is 11.9 Å². The summed E-state index contributed by atoms with van der Waals surface area (Å²) in [5.41, 5.74) is 0.470. The van der Waals surface area contributed by atoms with Crippen LogP contribution in [-0.2, 0) is 14.3 Å². The summed E-state index contributed by atoms with van der Waals surface area (Å²) in [6, 6.07) is 7.13. The molecule has 0 radical (unpaired) electrons. The second-order valence-electron chi connectivity index (χ2n) is 6.91. The maximum atomic E-state index is 12.1. The summed E-state index contributed by atoms with van der Waals surface area (Å²) >= 11 is 2.07. The Hall–Kier alpha value is -1.11. The highest BCUT2D eigenvalue weighted by Gasteiger charge is 2.33. The molecule has 0 aromatic heterocycles. The van der Waals surface area contributed by atoms with Crippen LogP contribution < -0.4 is 0 Å². The molecule has 1 aliphatic carbocycles. The number of carbonyl (C=O) groups is 2. The minimum Gasteiger partial charge on any atom is -0.460 e. The molecule has 0 spiro atoms. The van der Waals surface area contributed by atoms with Crippen molar-refractivity contribution in [2.45, 2.75) is 46.1 Å². The Labute approximate surface area is 157 Å². The van der Waals surface area contributed by atoms with Crippen molar-refractivity contribution in [1.29, 1.82) is 0 Å². The van der Waals surface area contributed by atoms with Crippen LogP contribution in [0.15, 0.2) is 24.3 Å². The molecule has 132 valence electrons. The quantitative estimate of drug-likeness (QED) is 0.498. The van der Waals surface area contributed by atoms with Crippen LogP contribution in [0.1, 0.15) is 50.4 Å². The average molecular weight is 444 g/mol. The molecule has 0 saturated heterocycles. The van der Waals surface area contributed by atoms with Gasteiger partial charge in [0, 0.05) is 3.57 Å². The Morgan fingerprint density at radius 3 is 2.62 bits per heavy atom. The minimum absolute atomic E-state index is 0.0724. The topological polar surface area (TPSA) is 52.6 Å². The van der Waals surface area contributed by atoms with E-state index in [1.54, 1.807) is 12.1 Å². The van der Waals surface area contributed by atoms with Crippen molar-refractivity contribution in [2.24, 2.45) is 17.8 Å². The first kappa shape index (κ1) is 19.2. The van der Waals surface area contributed by atoms with E-state index < -0.39 is 11.9 Å². The molecule has 0 bridgehead atoms. The van der Waals surface area contributed by atoms with E-state index in [1.807, 2.05) is 12.1 Å². The maximum absolute atomic E-state index is 12.1. The summed E-state index contributed by atoms with van der Waals surface area (Å²) in [5.74, 6) is 0.472. The van der Waals surface area contributed by atoms with E-state index in [9.17, 15) is 9.59 Å². The van der Waals surface area contributed by atoms with Gasteiger partial charge in [-0.25, -0.2) is 9.59 Å². The van der Waals surface area contributed by atoms with Crippen LogP contribution in [0.25, 0.3) is 0 Å². The van der Waals surface area contributed by atoms with E-state index in [0.29, 0.717) is 23.3 Å². The van der Waals surface area contributed by atoms with Gasteiger partial charge in [-0.2, -0.15) is 0 Å². The van der Waals surface area contributed by atoms with E-state index in [2.05, 4.69) is 43.4 Å². The number of rotatable bonds is 5. The summed E-state index contributed by atoms with van der Waals surface area (Å²) in [4.78, 5) is 24.2. The van der Waals surface area contributed by atoms with Crippen molar-refractivity contribution in [1.82, 2.24) is 0 Å². The van der Waals surface area contributed by atoms with Crippen molar-refractivity contribution in [2.75, 3.05) is 6.61 Å². The highest BCUT2D eigenvalue weighted by molar-refractivity contribution is 14.1. The van der Waals surface area contributed by atoms with Gasteiger partial charge in [-0.15, -0.1) is 0 Å². The van der Waals surface area contributed by atoms with Crippen molar-refractivity contribution in [3.63, 3.8) is 0 Å². The summed E-state index contributed by atoms with van der Waals surface area (Å²) in [6.07, 6.45) is 3.08. The van der Waals surface area contributed by atoms with E-state index in [4.69, 9.17) is 9.47 Å². The lowest BCUT2D eigenvalue weighted by Crippen LogP contribution is -2.36. The number of hydrogen-bond acceptors (Lipinski definition) is 4. The summed E-state index contributed by atoms with van der Waals surface area (Å²) in [5, 5.41) is 0. The Balaban J connectivity index is 1.88. The molecule has 1 aromatic rings. The standard InChI is InChI=1S/C19H25IO4/c1-12(2)14-9-8-13(3)10-17(14)24-18(21)11-23-19(22)15-6-4-5-7-16(15)20/h4-7,12-14,17H,8-11H2,1-3H3. The molecule has 2 rings (SSSR count). The van der Waals surface area contributed by atoms with E-state index >= 15 is 0 Å². The van der Waals surface area contributed by atoms with E-state index in [1.165, 1.54) is 6.42 Å². The monoisotopic (exact) mass is 444 g/mol. The van der Waals surface area contributed by atoms with Crippen molar-refractivity contribution in [3.8, 4) is 0 Å². The molecule has 1 fully saturated rings. The molecule has 0 aliphatic heterocycles. The first-order valence-electron chi connectivity index (χ1n) is 8.49. The predicted molar refractivity (Wildman–Crippen MR) is 101 cm³/mol. The molecule has 3 atom stereocenters. The first-order valence-corrected chi connectivity index (χ1v) is 9.57. The number of esters is 2. The predicted octanol–water partition coefficient (Wildman–Crippen LogP) is 4.45. The average Bonchev–Trinajstić information content (AvgIpc) is 2.53. The highest BCUT2D eigenvalue weighted by Crippen LogP contribution is 2.35. The summed E-state index contributed by atoms with van der Waals surface area (Å²) < 4.78 is 11.6. The van der Waals surface area contributed by atoms with Crippen LogP contribution >= 0.6 is 22.6 Å².